The van der Waals surface area contributed by atoms with E-state index in [4.69, 9.17) is 5.73 Å². The van der Waals surface area contributed by atoms with E-state index in [0.717, 1.165) is 0 Å². The van der Waals surface area contributed by atoms with Crippen LogP contribution in [0.4, 0.5) is 17.1 Å². The topological polar surface area (TPSA) is 101 Å². The molecule has 0 unspecified atom stereocenters. The van der Waals surface area contributed by atoms with E-state index in [1.807, 2.05) is 62.3 Å². The van der Waals surface area contributed by atoms with Crippen molar-refractivity contribution in [3.63, 3.8) is 0 Å². The molecule has 0 saturated heterocycles. The fourth-order valence-electron chi connectivity index (χ4n) is 2.51. The smallest absolute Gasteiger partial charge is 0.230 e. The van der Waals surface area contributed by atoms with Gasteiger partial charge in [-0.15, -0.1) is 0 Å². The van der Waals surface area contributed by atoms with Gasteiger partial charge in [-0.25, -0.2) is 0 Å². The van der Waals surface area contributed by atoms with Gasteiger partial charge in [0.2, 0.25) is 11.8 Å². The van der Waals surface area contributed by atoms with E-state index < -0.39 is 10.8 Å². The van der Waals surface area contributed by atoms with E-state index in [1.165, 1.54) is 0 Å². The summed E-state index contributed by atoms with van der Waals surface area (Å²) in [6, 6.07) is 3.21. The molecule has 0 aliphatic rings. The van der Waals surface area contributed by atoms with Crippen molar-refractivity contribution in [3.05, 3.63) is 17.7 Å². The second-order valence-corrected chi connectivity index (χ2v) is 10.5. The lowest BCUT2D eigenvalue weighted by Gasteiger charge is -2.25. The lowest BCUT2D eigenvalue weighted by atomic mass is 9.87. The molecular weight excluding hydrogens is 378 g/mol. The van der Waals surface area contributed by atoms with Crippen LogP contribution in [-0.2, 0) is 9.59 Å². The van der Waals surface area contributed by atoms with Crippen molar-refractivity contribution in [2.45, 2.75) is 81.6 Å². The Kier molecular flexibility index (Phi) is 7.86. The molecule has 6 heteroatoms. The third-order valence-corrected chi connectivity index (χ3v) is 5.69. The molecule has 4 N–H and O–H groups in total. The number of hydrogen-bond acceptors (Lipinski definition) is 4. The first-order chi connectivity index (χ1) is 13.5. The fraction of sp³-hybridized carbons (Fsp3) is 0.625. The van der Waals surface area contributed by atoms with Crippen LogP contribution in [0.2, 0.25) is 0 Å². The highest BCUT2D eigenvalue weighted by Gasteiger charge is 2.29. The maximum Gasteiger partial charge on any atom is 0.230 e. The van der Waals surface area contributed by atoms with E-state index >= 15 is 0 Å². The predicted octanol–water partition coefficient (Wildman–Crippen LogP) is 5.64. The lowest BCUT2D eigenvalue weighted by Crippen LogP contribution is -2.32. The standard InChI is InChI=1S/C24H39N3O3/c1-10-23(6,7)20(29)26-16-12-15(18(28)14-22(3,4)5)13-17(19(16)25)27-21(30)24(8,9)11-2/h12-13H,10-11,14,25H2,1-9H3,(H,26,29)(H,27,30). The van der Waals surface area contributed by atoms with Crippen LogP contribution in [0.15, 0.2) is 12.1 Å². The van der Waals surface area contributed by atoms with E-state index in [0.29, 0.717) is 36.2 Å². The maximum absolute atomic E-state index is 12.9. The second kappa shape index (κ2) is 9.19. The Morgan fingerprint density at radius 1 is 0.800 bits per heavy atom. The summed E-state index contributed by atoms with van der Waals surface area (Å²) in [4.78, 5) is 38.3. The number of benzene rings is 1. The Hall–Kier alpha value is -2.37. The summed E-state index contributed by atoms with van der Waals surface area (Å²) < 4.78 is 0. The molecule has 0 heterocycles. The number of Topliss-reactive ketones (excluding diaryl/α,β-unsaturated/α-hetero) is 1. The molecule has 0 aromatic heterocycles. The van der Waals surface area contributed by atoms with Crippen LogP contribution in [-0.4, -0.2) is 17.6 Å². The molecule has 6 nitrogen and oxygen atoms in total. The molecule has 0 fully saturated rings. The number of rotatable bonds is 8. The first-order valence-electron chi connectivity index (χ1n) is 10.6. The van der Waals surface area contributed by atoms with Crippen molar-refractivity contribution in [2.24, 2.45) is 16.2 Å². The predicted molar refractivity (Wildman–Crippen MR) is 125 cm³/mol. The molecule has 0 aliphatic carbocycles. The molecule has 0 aliphatic heterocycles. The minimum Gasteiger partial charge on any atom is -0.395 e. The zero-order chi connectivity index (χ0) is 23.5. The highest BCUT2D eigenvalue weighted by molar-refractivity contribution is 6.07. The number of nitrogen functional groups attached to an aromatic ring is 1. The van der Waals surface area contributed by atoms with Gasteiger partial charge in [-0.2, -0.15) is 0 Å². The summed E-state index contributed by atoms with van der Waals surface area (Å²) in [5, 5.41) is 5.72. The monoisotopic (exact) mass is 417 g/mol. The normalized spacial score (nSPS) is 12.4. The van der Waals surface area contributed by atoms with Gasteiger partial charge in [-0.3, -0.25) is 14.4 Å². The maximum atomic E-state index is 12.9. The highest BCUT2D eigenvalue weighted by Crippen LogP contribution is 2.34. The molecule has 0 saturated carbocycles. The van der Waals surface area contributed by atoms with Crippen molar-refractivity contribution >= 4 is 34.7 Å². The Morgan fingerprint density at radius 2 is 1.17 bits per heavy atom. The van der Waals surface area contributed by atoms with E-state index in [-0.39, 0.29) is 28.7 Å². The molecule has 1 aromatic carbocycles. The van der Waals surface area contributed by atoms with Gasteiger partial charge in [-0.05, 0) is 30.4 Å². The summed E-state index contributed by atoms with van der Waals surface area (Å²) in [6.07, 6.45) is 1.63. The number of hydrogen-bond donors (Lipinski definition) is 3. The average Bonchev–Trinajstić information content (AvgIpc) is 2.62. The quantitative estimate of drug-likeness (QED) is 0.376. The van der Waals surface area contributed by atoms with Gasteiger partial charge in [0, 0.05) is 22.8 Å². The molecule has 0 spiro atoms. The minimum absolute atomic E-state index is 0.0713. The van der Waals surface area contributed by atoms with Gasteiger partial charge in [0.1, 0.15) is 0 Å². The summed E-state index contributed by atoms with van der Waals surface area (Å²) in [6.45, 7) is 17.2. The van der Waals surface area contributed by atoms with Gasteiger partial charge in [0.25, 0.3) is 0 Å². The van der Waals surface area contributed by atoms with Crippen molar-refractivity contribution < 1.29 is 14.4 Å². The van der Waals surface area contributed by atoms with Gasteiger partial charge < -0.3 is 16.4 Å². The molecule has 0 bridgehead atoms. The molecule has 0 atom stereocenters. The van der Waals surface area contributed by atoms with E-state index in [2.05, 4.69) is 10.6 Å². The summed E-state index contributed by atoms with van der Waals surface area (Å²) >= 11 is 0. The van der Waals surface area contributed by atoms with Crippen LogP contribution in [0.5, 0.6) is 0 Å². The van der Waals surface area contributed by atoms with Gasteiger partial charge in [0.15, 0.2) is 5.78 Å². The molecule has 1 rings (SSSR count). The van der Waals surface area contributed by atoms with Gasteiger partial charge in [-0.1, -0.05) is 62.3 Å². The van der Waals surface area contributed by atoms with Gasteiger partial charge >= 0.3 is 0 Å². The van der Waals surface area contributed by atoms with Crippen molar-refractivity contribution in [1.82, 2.24) is 0 Å². The van der Waals surface area contributed by atoms with Gasteiger partial charge in [0.05, 0.1) is 17.1 Å². The Bertz CT molecular complexity index is 766. The van der Waals surface area contributed by atoms with E-state index in [9.17, 15) is 14.4 Å². The second-order valence-electron chi connectivity index (χ2n) is 10.5. The third kappa shape index (κ3) is 6.57. The number of carbonyl (C=O) groups is 3. The number of carbonyl (C=O) groups excluding carboxylic acids is 3. The van der Waals surface area contributed by atoms with Crippen molar-refractivity contribution in [2.75, 3.05) is 16.4 Å². The minimum atomic E-state index is -0.592. The van der Waals surface area contributed by atoms with Crippen LogP contribution in [0, 0.1) is 16.2 Å². The number of amides is 2. The van der Waals surface area contributed by atoms with Crippen LogP contribution >= 0.6 is 0 Å². The van der Waals surface area contributed by atoms with Crippen molar-refractivity contribution in [1.29, 1.82) is 0 Å². The Morgan fingerprint density at radius 3 is 1.47 bits per heavy atom. The number of anilines is 3. The van der Waals surface area contributed by atoms with Crippen LogP contribution < -0.4 is 16.4 Å². The summed E-state index contributed by atoms with van der Waals surface area (Å²) in [7, 11) is 0. The van der Waals surface area contributed by atoms with Crippen LogP contribution in [0.25, 0.3) is 0 Å². The first-order valence-corrected chi connectivity index (χ1v) is 10.6. The van der Waals surface area contributed by atoms with Crippen LogP contribution in [0.1, 0.15) is 91.9 Å². The summed E-state index contributed by atoms with van der Waals surface area (Å²) in [5.41, 5.74) is 6.25. The summed E-state index contributed by atoms with van der Waals surface area (Å²) in [5.74, 6) is -0.454. The zero-order valence-electron chi connectivity index (χ0n) is 20.1. The molecule has 168 valence electrons. The fourth-order valence-corrected chi connectivity index (χ4v) is 2.51. The number of nitrogens with two attached hydrogens (primary N) is 1. The lowest BCUT2D eigenvalue weighted by molar-refractivity contribution is -0.124. The molecule has 0 radical (unpaired) electrons. The molecule has 30 heavy (non-hydrogen) atoms. The first kappa shape index (κ1) is 25.7. The Labute approximate surface area is 181 Å². The van der Waals surface area contributed by atoms with Crippen LogP contribution in [0.3, 0.4) is 0 Å². The third-order valence-electron chi connectivity index (χ3n) is 5.69. The largest absolute Gasteiger partial charge is 0.395 e. The molecular formula is C24H39N3O3. The van der Waals surface area contributed by atoms with E-state index in [1.54, 1.807) is 12.1 Å². The Balaban J connectivity index is 3.45. The molecule has 2 amide bonds. The average molecular weight is 418 g/mol. The van der Waals surface area contributed by atoms with Crippen molar-refractivity contribution in [3.8, 4) is 0 Å². The molecule has 1 aromatic rings. The SMILES string of the molecule is CCC(C)(C)C(=O)Nc1cc(C(=O)CC(C)(C)C)cc(NC(=O)C(C)(C)CC)c1N. The highest BCUT2D eigenvalue weighted by atomic mass is 16.2. The number of ketones is 1. The number of nitrogens with one attached hydrogen (secondary N) is 2. The zero-order valence-corrected chi connectivity index (χ0v) is 20.1.